The molecule has 1 aliphatic carbocycles. The molecule has 1 aliphatic rings. The molecule has 0 amide bonds. The standard InChI is InChI=1S/C17H23NO/c1-11-9-13-14(15(19-6)12(11)10-18)17(4,5)8-7-16(13,2)3/h9H,7-8H2,1-6H3. The minimum absolute atomic E-state index is 0.0650. The van der Waals surface area contributed by atoms with Gasteiger partial charge in [0.05, 0.1) is 12.7 Å². The van der Waals surface area contributed by atoms with Gasteiger partial charge in [-0.1, -0.05) is 33.8 Å². The van der Waals surface area contributed by atoms with Crippen molar-refractivity contribution in [3.05, 3.63) is 28.3 Å². The summed E-state index contributed by atoms with van der Waals surface area (Å²) < 4.78 is 5.62. The van der Waals surface area contributed by atoms with Crippen LogP contribution in [0.5, 0.6) is 5.75 Å². The molecule has 0 saturated carbocycles. The largest absolute Gasteiger partial charge is 0.495 e. The SMILES string of the molecule is COc1c(C#N)c(C)cc2c1C(C)(C)CCC2(C)C. The lowest BCUT2D eigenvalue weighted by molar-refractivity contribution is 0.311. The summed E-state index contributed by atoms with van der Waals surface area (Å²) in [5.41, 5.74) is 4.49. The molecule has 0 fully saturated rings. The molecule has 0 N–H and O–H groups in total. The molecule has 0 aromatic heterocycles. The van der Waals surface area contributed by atoms with Crippen molar-refractivity contribution in [1.29, 1.82) is 5.26 Å². The number of hydrogen-bond acceptors (Lipinski definition) is 2. The number of hydrogen-bond donors (Lipinski definition) is 0. The number of benzene rings is 1. The lowest BCUT2D eigenvalue weighted by Gasteiger charge is -2.43. The van der Waals surface area contributed by atoms with Crippen LogP contribution in [0, 0.1) is 18.3 Å². The molecule has 1 aromatic carbocycles. The first kappa shape index (κ1) is 13.9. The minimum atomic E-state index is 0.0650. The van der Waals surface area contributed by atoms with Gasteiger partial charge in [0.1, 0.15) is 11.8 Å². The highest BCUT2D eigenvalue weighted by molar-refractivity contribution is 5.61. The average molecular weight is 257 g/mol. The van der Waals surface area contributed by atoms with Crippen molar-refractivity contribution in [3.8, 4) is 11.8 Å². The van der Waals surface area contributed by atoms with E-state index in [4.69, 9.17) is 4.74 Å². The zero-order valence-electron chi connectivity index (χ0n) is 12.8. The van der Waals surface area contributed by atoms with E-state index in [1.54, 1.807) is 7.11 Å². The van der Waals surface area contributed by atoms with Gasteiger partial charge in [0, 0.05) is 5.56 Å². The van der Waals surface area contributed by atoms with Gasteiger partial charge in [-0.15, -0.1) is 0 Å². The Balaban J connectivity index is 2.88. The van der Waals surface area contributed by atoms with Crippen LogP contribution in [0.1, 0.15) is 62.8 Å². The summed E-state index contributed by atoms with van der Waals surface area (Å²) in [5.74, 6) is 0.787. The first-order valence-electron chi connectivity index (χ1n) is 6.87. The molecule has 19 heavy (non-hydrogen) atoms. The van der Waals surface area contributed by atoms with Gasteiger partial charge in [0.15, 0.2) is 0 Å². The Labute approximate surface area is 116 Å². The van der Waals surface area contributed by atoms with Crippen molar-refractivity contribution in [2.45, 2.75) is 58.3 Å². The first-order chi connectivity index (χ1) is 8.74. The van der Waals surface area contributed by atoms with Gasteiger partial charge >= 0.3 is 0 Å². The van der Waals surface area contributed by atoms with Gasteiger partial charge in [-0.3, -0.25) is 0 Å². The summed E-state index contributed by atoms with van der Waals surface area (Å²) in [4.78, 5) is 0. The van der Waals surface area contributed by atoms with Gasteiger partial charge in [-0.25, -0.2) is 0 Å². The topological polar surface area (TPSA) is 33.0 Å². The fourth-order valence-corrected chi connectivity index (χ4v) is 3.22. The third kappa shape index (κ3) is 2.02. The summed E-state index contributed by atoms with van der Waals surface area (Å²) >= 11 is 0. The second kappa shape index (κ2) is 4.27. The number of ether oxygens (including phenoxy) is 1. The van der Waals surface area contributed by atoms with E-state index in [9.17, 15) is 5.26 Å². The van der Waals surface area contributed by atoms with Crippen LogP contribution in [-0.2, 0) is 10.8 Å². The van der Waals surface area contributed by atoms with Crippen LogP contribution in [-0.4, -0.2) is 7.11 Å². The molecule has 0 spiro atoms. The molecule has 0 bridgehead atoms. The molecule has 2 rings (SSSR count). The van der Waals surface area contributed by atoms with Crippen LogP contribution in [0.25, 0.3) is 0 Å². The molecule has 0 saturated heterocycles. The van der Waals surface area contributed by atoms with E-state index in [0.717, 1.165) is 17.7 Å². The zero-order valence-corrected chi connectivity index (χ0v) is 12.8. The molecule has 102 valence electrons. The molecular formula is C17H23NO. The van der Waals surface area contributed by atoms with Crippen molar-refractivity contribution < 1.29 is 4.74 Å². The molecule has 0 atom stereocenters. The van der Waals surface area contributed by atoms with Crippen molar-refractivity contribution >= 4 is 0 Å². The number of nitriles is 1. The number of rotatable bonds is 1. The molecule has 0 aliphatic heterocycles. The van der Waals surface area contributed by atoms with Crippen LogP contribution < -0.4 is 4.74 Å². The van der Waals surface area contributed by atoms with E-state index in [1.807, 2.05) is 6.92 Å². The van der Waals surface area contributed by atoms with E-state index in [0.29, 0.717) is 5.56 Å². The first-order valence-corrected chi connectivity index (χ1v) is 6.87. The van der Waals surface area contributed by atoms with Gasteiger partial charge < -0.3 is 4.74 Å². The van der Waals surface area contributed by atoms with Crippen LogP contribution in [0.15, 0.2) is 6.07 Å². The molecule has 0 heterocycles. The van der Waals surface area contributed by atoms with Gasteiger partial charge in [0.2, 0.25) is 0 Å². The van der Waals surface area contributed by atoms with Gasteiger partial charge in [0.25, 0.3) is 0 Å². The number of methoxy groups -OCH3 is 1. The smallest absolute Gasteiger partial charge is 0.140 e. The lowest BCUT2D eigenvalue weighted by atomic mass is 9.62. The normalized spacial score (nSPS) is 19.4. The van der Waals surface area contributed by atoms with Crippen molar-refractivity contribution in [2.75, 3.05) is 7.11 Å². The molecule has 2 heteroatoms. The molecule has 1 aromatic rings. The Hall–Kier alpha value is -1.49. The maximum Gasteiger partial charge on any atom is 0.140 e. The highest BCUT2D eigenvalue weighted by Gasteiger charge is 2.40. The van der Waals surface area contributed by atoms with Crippen molar-refractivity contribution in [1.82, 2.24) is 0 Å². The Bertz CT molecular complexity index is 562. The van der Waals surface area contributed by atoms with E-state index in [1.165, 1.54) is 17.5 Å². The van der Waals surface area contributed by atoms with E-state index >= 15 is 0 Å². The molecule has 2 nitrogen and oxygen atoms in total. The predicted molar refractivity (Wildman–Crippen MR) is 77.7 cm³/mol. The summed E-state index contributed by atoms with van der Waals surface area (Å²) in [6.07, 6.45) is 2.29. The van der Waals surface area contributed by atoms with Crippen LogP contribution in [0.2, 0.25) is 0 Å². The fraction of sp³-hybridized carbons (Fsp3) is 0.588. The van der Waals surface area contributed by atoms with E-state index < -0.39 is 0 Å². The van der Waals surface area contributed by atoms with Crippen LogP contribution in [0.3, 0.4) is 0 Å². The van der Waals surface area contributed by atoms with Crippen LogP contribution in [0.4, 0.5) is 0 Å². The molecular weight excluding hydrogens is 234 g/mol. The quantitative estimate of drug-likeness (QED) is 0.754. The Kier molecular flexibility index (Phi) is 3.13. The summed E-state index contributed by atoms with van der Waals surface area (Å²) in [7, 11) is 1.67. The number of aryl methyl sites for hydroxylation is 1. The fourth-order valence-electron chi connectivity index (χ4n) is 3.22. The van der Waals surface area contributed by atoms with E-state index in [-0.39, 0.29) is 10.8 Å². The van der Waals surface area contributed by atoms with Crippen molar-refractivity contribution in [2.24, 2.45) is 0 Å². The number of fused-ring (bicyclic) bond motifs is 1. The Morgan fingerprint density at radius 2 is 1.74 bits per heavy atom. The summed E-state index contributed by atoms with van der Waals surface area (Å²) in [6, 6.07) is 4.50. The van der Waals surface area contributed by atoms with Crippen LogP contribution >= 0.6 is 0 Å². The summed E-state index contributed by atoms with van der Waals surface area (Å²) in [5, 5.41) is 9.40. The summed E-state index contributed by atoms with van der Waals surface area (Å²) in [6.45, 7) is 11.1. The monoisotopic (exact) mass is 257 g/mol. The Morgan fingerprint density at radius 1 is 1.16 bits per heavy atom. The third-order valence-electron chi connectivity index (χ3n) is 4.58. The second-order valence-electron chi connectivity index (χ2n) is 6.90. The highest BCUT2D eigenvalue weighted by Crippen LogP contribution is 2.50. The maximum atomic E-state index is 9.40. The predicted octanol–water partition coefficient (Wildman–Crippen LogP) is 4.22. The van der Waals surface area contributed by atoms with Gasteiger partial charge in [-0.05, 0) is 41.7 Å². The maximum absolute atomic E-state index is 9.40. The van der Waals surface area contributed by atoms with Crippen molar-refractivity contribution in [3.63, 3.8) is 0 Å². The minimum Gasteiger partial charge on any atom is -0.495 e. The lowest BCUT2D eigenvalue weighted by Crippen LogP contribution is -2.34. The highest BCUT2D eigenvalue weighted by atomic mass is 16.5. The van der Waals surface area contributed by atoms with E-state index in [2.05, 4.69) is 39.8 Å². The van der Waals surface area contributed by atoms with Gasteiger partial charge in [-0.2, -0.15) is 5.26 Å². The molecule has 0 unspecified atom stereocenters. The Morgan fingerprint density at radius 3 is 2.26 bits per heavy atom. The average Bonchev–Trinajstić information content (AvgIpc) is 2.33. The number of nitrogens with zero attached hydrogens (tertiary/aromatic N) is 1. The second-order valence-corrected chi connectivity index (χ2v) is 6.90. The zero-order chi connectivity index (χ0) is 14.4. The molecule has 0 radical (unpaired) electrons. The third-order valence-corrected chi connectivity index (χ3v) is 4.58.